The van der Waals surface area contributed by atoms with Crippen LogP contribution in [0.3, 0.4) is 0 Å². The normalized spacial score (nSPS) is 24.3. The van der Waals surface area contributed by atoms with Gasteiger partial charge in [0.1, 0.15) is 0 Å². The fourth-order valence-electron chi connectivity index (χ4n) is 4.28. The van der Waals surface area contributed by atoms with E-state index in [1.54, 1.807) is 12.4 Å². The second-order valence-corrected chi connectivity index (χ2v) is 7.46. The topological polar surface area (TPSA) is 75.4 Å². The summed E-state index contributed by atoms with van der Waals surface area (Å²) in [6.07, 6.45) is 7.46. The molecular weight excluding hydrogens is 330 g/mol. The molecule has 1 atom stereocenters. The van der Waals surface area contributed by atoms with Crippen molar-refractivity contribution in [2.75, 3.05) is 26.2 Å². The fraction of sp³-hybridized carbons (Fsp3) is 0.579. The molecule has 0 aliphatic carbocycles. The number of pyridine rings is 1. The summed E-state index contributed by atoms with van der Waals surface area (Å²) in [4.78, 5) is 20.5. The standard InChI is InChI=1S/C19H25N5O2/c1-2-24-14-19(8-6-17(24)25)7-4-10-23(13-19)12-16-21-22-18(26-16)15-5-3-9-20-11-15/h3,5,9,11H,2,4,6-8,10,12-14H2,1H3. The third-order valence-corrected chi connectivity index (χ3v) is 5.60. The minimum atomic E-state index is 0.217. The van der Waals surface area contributed by atoms with Crippen LogP contribution in [0.4, 0.5) is 0 Å². The number of carbonyl (C=O) groups is 1. The maximum Gasteiger partial charge on any atom is 0.249 e. The van der Waals surface area contributed by atoms with Crippen LogP contribution in [-0.4, -0.2) is 57.1 Å². The first-order chi connectivity index (χ1) is 12.7. The molecule has 4 heterocycles. The molecule has 2 saturated heterocycles. The van der Waals surface area contributed by atoms with Gasteiger partial charge in [-0.25, -0.2) is 0 Å². The van der Waals surface area contributed by atoms with E-state index in [-0.39, 0.29) is 5.41 Å². The molecule has 1 spiro atoms. The minimum Gasteiger partial charge on any atom is -0.419 e. The second-order valence-electron chi connectivity index (χ2n) is 7.46. The van der Waals surface area contributed by atoms with Gasteiger partial charge >= 0.3 is 0 Å². The quantitative estimate of drug-likeness (QED) is 0.838. The van der Waals surface area contributed by atoms with E-state index in [9.17, 15) is 4.79 Å². The zero-order valence-corrected chi connectivity index (χ0v) is 15.2. The lowest BCUT2D eigenvalue weighted by Crippen LogP contribution is -2.53. The number of hydrogen-bond donors (Lipinski definition) is 0. The number of nitrogens with zero attached hydrogens (tertiary/aromatic N) is 5. The van der Waals surface area contributed by atoms with Crippen LogP contribution < -0.4 is 0 Å². The van der Waals surface area contributed by atoms with E-state index < -0.39 is 0 Å². The number of likely N-dealkylation sites (tertiary alicyclic amines) is 2. The summed E-state index contributed by atoms with van der Waals surface area (Å²) in [5.41, 5.74) is 1.06. The zero-order chi connectivity index (χ0) is 18.0. The average Bonchev–Trinajstić information content (AvgIpc) is 3.13. The maximum absolute atomic E-state index is 12.0. The smallest absolute Gasteiger partial charge is 0.249 e. The molecule has 2 aliphatic rings. The molecule has 0 saturated carbocycles. The molecule has 7 nitrogen and oxygen atoms in total. The molecule has 0 aromatic carbocycles. The third kappa shape index (κ3) is 3.49. The molecule has 2 aromatic rings. The van der Waals surface area contributed by atoms with Gasteiger partial charge in [-0.2, -0.15) is 0 Å². The van der Waals surface area contributed by atoms with Crippen molar-refractivity contribution in [2.24, 2.45) is 5.41 Å². The van der Waals surface area contributed by atoms with Crippen LogP contribution in [0, 0.1) is 5.41 Å². The molecule has 138 valence electrons. The van der Waals surface area contributed by atoms with E-state index in [1.165, 1.54) is 6.42 Å². The lowest BCUT2D eigenvalue weighted by molar-refractivity contribution is -0.139. The minimum absolute atomic E-state index is 0.217. The second kappa shape index (κ2) is 7.15. The molecule has 0 N–H and O–H groups in total. The fourth-order valence-corrected chi connectivity index (χ4v) is 4.28. The third-order valence-electron chi connectivity index (χ3n) is 5.60. The molecular formula is C19H25N5O2. The Labute approximate surface area is 153 Å². The Morgan fingerprint density at radius 2 is 2.19 bits per heavy atom. The molecule has 1 unspecified atom stereocenters. The molecule has 0 bridgehead atoms. The highest BCUT2D eigenvalue weighted by Gasteiger charge is 2.41. The van der Waals surface area contributed by atoms with Gasteiger partial charge in [-0.3, -0.25) is 14.7 Å². The molecule has 4 rings (SSSR count). The van der Waals surface area contributed by atoms with E-state index in [0.717, 1.165) is 44.6 Å². The van der Waals surface area contributed by atoms with Crippen LogP contribution in [0.1, 0.15) is 38.5 Å². The lowest BCUT2D eigenvalue weighted by atomic mass is 9.73. The maximum atomic E-state index is 12.0. The van der Waals surface area contributed by atoms with E-state index in [2.05, 4.69) is 27.0 Å². The van der Waals surface area contributed by atoms with Crippen LogP contribution >= 0.6 is 0 Å². The highest BCUT2D eigenvalue weighted by molar-refractivity contribution is 5.77. The summed E-state index contributed by atoms with van der Waals surface area (Å²) >= 11 is 0. The predicted molar refractivity (Wildman–Crippen MR) is 96.0 cm³/mol. The molecule has 7 heteroatoms. The van der Waals surface area contributed by atoms with Crippen LogP contribution in [0.25, 0.3) is 11.5 Å². The Bertz CT molecular complexity index is 762. The van der Waals surface area contributed by atoms with Crippen molar-refractivity contribution >= 4 is 5.91 Å². The lowest BCUT2D eigenvalue weighted by Gasteiger charge is -2.48. The van der Waals surface area contributed by atoms with Crippen molar-refractivity contribution in [3.8, 4) is 11.5 Å². The number of piperidine rings is 2. The molecule has 2 fully saturated rings. The SMILES string of the molecule is CCN1CC2(CCCN(Cc3nnc(-c4cccnc4)o3)C2)CCC1=O. The van der Waals surface area contributed by atoms with Crippen LogP contribution in [-0.2, 0) is 11.3 Å². The van der Waals surface area contributed by atoms with Gasteiger partial charge in [-0.05, 0) is 44.9 Å². The first-order valence-corrected chi connectivity index (χ1v) is 9.40. The van der Waals surface area contributed by atoms with E-state index >= 15 is 0 Å². The van der Waals surface area contributed by atoms with Crippen molar-refractivity contribution < 1.29 is 9.21 Å². The monoisotopic (exact) mass is 355 g/mol. The summed E-state index contributed by atoms with van der Waals surface area (Å²) in [5, 5.41) is 8.37. The largest absolute Gasteiger partial charge is 0.419 e. The Morgan fingerprint density at radius 1 is 1.27 bits per heavy atom. The van der Waals surface area contributed by atoms with Crippen LogP contribution in [0.2, 0.25) is 0 Å². The predicted octanol–water partition coefficient (Wildman–Crippen LogP) is 2.36. The number of carbonyl (C=O) groups excluding carboxylic acids is 1. The van der Waals surface area contributed by atoms with E-state index in [4.69, 9.17) is 4.42 Å². The van der Waals surface area contributed by atoms with Gasteiger partial charge in [0, 0.05) is 43.9 Å². The first-order valence-electron chi connectivity index (χ1n) is 9.40. The number of aromatic nitrogens is 3. The molecule has 2 aliphatic heterocycles. The van der Waals surface area contributed by atoms with Crippen LogP contribution in [0.15, 0.2) is 28.9 Å². The number of hydrogen-bond acceptors (Lipinski definition) is 6. The zero-order valence-electron chi connectivity index (χ0n) is 15.2. The van der Waals surface area contributed by atoms with Gasteiger partial charge < -0.3 is 9.32 Å². The Balaban J connectivity index is 1.43. The summed E-state index contributed by atoms with van der Waals surface area (Å²) in [7, 11) is 0. The number of rotatable bonds is 4. The summed E-state index contributed by atoms with van der Waals surface area (Å²) < 4.78 is 5.84. The average molecular weight is 355 g/mol. The molecule has 26 heavy (non-hydrogen) atoms. The van der Waals surface area contributed by atoms with E-state index in [1.807, 2.05) is 17.0 Å². The Kier molecular flexibility index (Phi) is 4.72. The molecule has 0 radical (unpaired) electrons. The van der Waals surface area contributed by atoms with Crippen molar-refractivity contribution in [1.82, 2.24) is 25.0 Å². The Morgan fingerprint density at radius 3 is 3.00 bits per heavy atom. The van der Waals surface area contributed by atoms with Gasteiger partial charge in [0.15, 0.2) is 0 Å². The Hall–Kier alpha value is -2.28. The highest BCUT2D eigenvalue weighted by Crippen LogP contribution is 2.39. The summed E-state index contributed by atoms with van der Waals surface area (Å²) in [5.74, 6) is 1.45. The van der Waals surface area contributed by atoms with Gasteiger partial charge in [0.05, 0.1) is 12.1 Å². The van der Waals surface area contributed by atoms with Crippen molar-refractivity contribution in [3.63, 3.8) is 0 Å². The summed E-state index contributed by atoms with van der Waals surface area (Å²) in [6, 6.07) is 3.77. The van der Waals surface area contributed by atoms with Crippen LogP contribution in [0.5, 0.6) is 0 Å². The van der Waals surface area contributed by atoms with Crippen molar-refractivity contribution in [1.29, 1.82) is 0 Å². The number of amides is 1. The molecule has 1 amide bonds. The molecule has 2 aromatic heterocycles. The van der Waals surface area contributed by atoms with E-state index in [0.29, 0.717) is 30.7 Å². The van der Waals surface area contributed by atoms with Gasteiger partial charge in [-0.15, -0.1) is 10.2 Å². The summed E-state index contributed by atoms with van der Waals surface area (Å²) in [6.45, 7) is 6.43. The van der Waals surface area contributed by atoms with Gasteiger partial charge in [0.25, 0.3) is 0 Å². The highest BCUT2D eigenvalue weighted by atomic mass is 16.4. The first kappa shape index (κ1) is 17.1. The van der Waals surface area contributed by atoms with Crippen molar-refractivity contribution in [3.05, 3.63) is 30.4 Å². The van der Waals surface area contributed by atoms with Gasteiger partial charge in [-0.1, -0.05) is 0 Å². The van der Waals surface area contributed by atoms with Gasteiger partial charge in [0.2, 0.25) is 17.7 Å². The van der Waals surface area contributed by atoms with Crippen molar-refractivity contribution in [2.45, 2.75) is 39.2 Å².